The Morgan fingerprint density at radius 1 is 1.39 bits per heavy atom. The highest BCUT2D eigenvalue weighted by molar-refractivity contribution is 5.67. The van der Waals surface area contributed by atoms with Crippen LogP contribution in [0.3, 0.4) is 0 Å². The second-order valence-electron chi connectivity index (χ2n) is 4.67. The van der Waals surface area contributed by atoms with Gasteiger partial charge >= 0.3 is 6.18 Å². The molecule has 0 aliphatic rings. The summed E-state index contributed by atoms with van der Waals surface area (Å²) in [6.07, 6.45) is -3.24. The minimum atomic E-state index is -4.35. The topological polar surface area (TPSA) is 26.0 Å². The lowest BCUT2D eigenvalue weighted by Crippen LogP contribution is -2.15. The molecule has 0 spiro atoms. The predicted molar refractivity (Wildman–Crippen MR) is 68.1 cm³/mol. The van der Waals surface area contributed by atoms with Gasteiger partial charge in [0.2, 0.25) is 0 Å². The molecule has 0 radical (unpaired) electrons. The van der Waals surface area contributed by atoms with Crippen LogP contribution in [0, 0.1) is 6.92 Å². The maximum Gasteiger partial charge on any atom is 0.417 e. The quantitative estimate of drug-likeness (QED) is 0.861. The van der Waals surface area contributed by atoms with Gasteiger partial charge in [-0.2, -0.15) is 13.2 Å². The maximum absolute atomic E-state index is 12.9. The smallest absolute Gasteiger partial charge is 0.328 e. The molecule has 2 N–H and O–H groups in total. The molecule has 0 aliphatic carbocycles. The normalized spacial score (nSPS) is 13.4. The van der Waals surface area contributed by atoms with Crippen molar-refractivity contribution in [2.45, 2.75) is 38.9 Å². The molecule has 18 heavy (non-hydrogen) atoms. The zero-order chi connectivity index (χ0) is 13.9. The number of rotatable bonds is 4. The lowest BCUT2D eigenvalue weighted by Gasteiger charge is -2.16. The van der Waals surface area contributed by atoms with E-state index in [1.807, 2.05) is 6.92 Å². The zero-order valence-electron chi connectivity index (χ0n) is 10.6. The summed E-state index contributed by atoms with van der Waals surface area (Å²) in [6, 6.07) is 4.27. The van der Waals surface area contributed by atoms with Crippen molar-refractivity contribution in [2.24, 2.45) is 5.73 Å². The van der Waals surface area contributed by atoms with Gasteiger partial charge in [0.25, 0.3) is 0 Å². The second kappa shape index (κ2) is 5.57. The minimum Gasteiger partial charge on any atom is -0.328 e. The summed E-state index contributed by atoms with van der Waals surface area (Å²) in [5.41, 5.74) is 6.24. The second-order valence-corrected chi connectivity index (χ2v) is 4.67. The molecule has 0 heterocycles. The highest BCUT2D eigenvalue weighted by Gasteiger charge is 2.33. The lowest BCUT2D eigenvalue weighted by atomic mass is 9.94. The van der Waals surface area contributed by atoms with E-state index in [4.69, 9.17) is 5.73 Å². The predicted octanol–water partition coefficient (Wildman–Crippen LogP) is 4.15. The van der Waals surface area contributed by atoms with Crippen molar-refractivity contribution in [3.8, 4) is 0 Å². The van der Waals surface area contributed by atoms with Gasteiger partial charge in [0.1, 0.15) is 0 Å². The van der Waals surface area contributed by atoms with Crippen molar-refractivity contribution >= 4 is 5.57 Å². The summed E-state index contributed by atoms with van der Waals surface area (Å²) in [7, 11) is 0. The standard InChI is InChI=1S/C14H18F3N/c1-9-4-7-12(10(2)5-6-11(3)18)13(8-9)14(15,16)17/h4,7-8,11H,2,5-6,18H2,1,3H3. The third kappa shape index (κ3) is 3.88. The number of hydrogen-bond donors (Lipinski definition) is 1. The van der Waals surface area contributed by atoms with Gasteiger partial charge in [-0.15, -0.1) is 0 Å². The van der Waals surface area contributed by atoms with Gasteiger partial charge in [0.05, 0.1) is 5.56 Å². The minimum absolute atomic E-state index is 0.0402. The molecule has 0 aromatic heterocycles. The Kier molecular flexibility index (Phi) is 4.57. The molecule has 0 fully saturated rings. The number of benzene rings is 1. The van der Waals surface area contributed by atoms with Crippen LogP contribution in [0.1, 0.15) is 36.5 Å². The summed E-state index contributed by atoms with van der Waals surface area (Å²) < 4.78 is 38.8. The van der Waals surface area contributed by atoms with Gasteiger partial charge in [-0.1, -0.05) is 24.3 Å². The van der Waals surface area contributed by atoms with Crippen LogP contribution in [0.4, 0.5) is 13.2 Å². The van der Waals surface area contributed by atoms with E-state index >= 15 is 0 Å². The summed E-state index contributed by atoms with van der Waals surface area (Å²) in [4.78, 5) is 0. The van der Waals surface area contributed by atoms with Crippen LogP contribution in [-0.4, -0.2) is 6.04 Å². The van der Waals surface area contributed by atoms with Gasteiger partial charge in [0.15, 0.2) is 0 Å². The number of nitrogens with two attached hydrogens (primary N) is 1. The van der Waals surface area contributed by atoms with Gasteiger partial charge in [-0.3, -0.25) is 0 Å². The Hall–Kier alpha value is -1.29. The van der Waals surface area contributed by atoms with Gasteiger partial charge in [-0.05, 0) is 43.9 Å². The van der Waals surface area contributed by atoms with Crippen molar-refractivity contribution < 1.29 is 13.2 Å². The van der Waals surface area contributed by atoms with E-state index < -0.39 is 11.7 Å². The molecule has 0 aliphatic heterocycles. The van der Waals surface area contributed by atoms with E-state index in [0.29, 0.717) is 24.0 Å². The summed E-state index contributed by atoms with van der Waals surface area (Å²) in [5, 5.41) is 0. The van der Waals surface area contributed by atoms with Crippen LogP contribution in [0.2, 0.25) is 0 Å². The van der Waals surface area contributed by atoms with Crippen molar-refractivity contribution in [1.82, 2.24) is 0 Å². The van der Waals surface area contributed by atoms with Crippen LogP contribution in [-0.2, 0) is 6.18 Å². The van der Waals surface area contributed by atoms with Gasteiger partial charge in [0, 0.05) is 6.04 Å². The molecule has 1 aromatic carbocycles. The molecule has 1 nitrogen and oxygen atoms in total. The highest BCUT2D eigenvalue weighted by Crippen LogP contribution is 2.36. The molecule has 0 bridgehead atoms. The maximum atomic E-state index is 12.9. The first-order valence-corrected chi connectivity index (χ1v) is 5.83. The van der Waals surface area contributed by atoms with E-state index in [2.05, 4.69) is 6.58 Å². The number of hydrogen-bond acceptors (Lipinski definition) is 1. The van der Waals surface area contributed by atoms with E-state index in [1.54, 1.807) is 13.0 Å². The molecule has 100 valence electrons. The summed E-state index contributed by atoms with van der Waals surface area (Å²) in [5.74, 6) is 0. The monoisotopic (exact) mass is 257 g/mol. The third-order valence-electron chi connectivity index (χ3n) is 2.76. The van der Waals surface area contributed by atoms with E-state index in [0.717, 1.165) is 6.07 Å². The van der Waals surface area contributed by atoms with Crippen molar-refractivity contribution in [3.63, 3.8) is 0 Å². The Balaban J connectivity index is 3.05. The first kappa shape index (κ1) is 14.8. The molecule has 1 aromatic rings. The summed E-state index contributed by atoms with van der Waals surface area (Å²) in [6.45, 7) is 7.21. The fourth-order valence-electron chi connectivity index (χ4n) is 1.74. The van der Waals surface area contributed by atoms with Crippen LogP contribution < -0.4 is 5.73 Å². The molecular formula is C14H18F3N. The Morgan fingerprint density at radius 3 is 2.50 bits per heavy atom. The third-order valence-corrected chi connectivity index (χ3v) is 2.76. The average molecular weight is 257 g/mol. The molecule has 1 rings (SSSR count). The molecule has 0 amide bonds. The van der Waals surface area contributed by atoms with Gasteiger partial charge in [-0.25, -0.2) is 0 Å². The molecule has 0 saturated carbocycles. The highest BCUT2D eigenvalue weighted by atomic mass is 19.4. The molecule has 1 atom stereocenters. The van der Waals surface area contributed by atoms with Crippen LogP contribution >= 0.6 is 0 Å². The van der Waals surface area contributed by atoms with Crippen LogP contribution in [0.5, 0.6) is 0 Å². The molecule has 1 unspecified atom stereocenters. The van der Waals surface area contributed by atoms with Crippen molar-refractivity contribution in [2.75, 3.05) is 0 Å². The first-order chi connectivity index (χ1) is 8.21. The van der Waals surface area contributed by atoms with Crippen LogP contribution in [0.25, 0.3) is 5.57 Å². The molecule has 0 saturated heterocycles. The zero-order valence-corrected chi connectivity index (χ0v) is 10.6. The van der Waals surface area contributed by atoms with Crippen molar-refractivity contribution in [3.05, 3.63) is 41.5 Å². The van der Waals surface area contributed by atoms with Gasteiger partial charge < -0.3 is 5.73 Å². The van der Waals surface area contributed by atoms with E-state index in [-0.39, 0.29) is 11.6 Å². The Morgan fingerprint density at radius 2 is 2.00 bits per heavy atom. The fourth-order valence-corrected chi connectivity index (χ4v) is 1.74. The van der Waals surface area contributed by atoms with Crippen LogP contribution in [0.15, 0.2) is 24.8 Å². The lowest BCUT2D eigenvalue weighted by molar-refractivity contribution is -0.137. The largest absolute Gasteiger partial charge is 0.417 e. The number of halogens is 3. The van der Waals surface area contributed by atoms with E-state index in [1.165, 1.54) is 6.07 Å². The Labute approximate surface area is 105 Å². The molecule has 4 heteroatoms. The SMILES string of the molecule is C=C(CCC(C)N)c1ccc(C)cc1C(F)(F)F. The average Bonchev–Trinajstić information content (AvgIpc) is 2.24. The fraction of sp³-hybridized carbons (Fsp3) is 0.429. The molecular weight excluding hydrogens is 239 g/mol. The number of alkyl halides is 3. The van der Waals surface area contributed by atoms with Crippen molar-refractivity contribution in [1.29, 1.82) is 0 Å². The Bertz CT molecular complexity index is 433. The summed E-state index contributed by atoms with van der Waals surface area (Å²) >= 11 is 0. The van der Waals surface area contributed by atoms with E-state index in [9.17, 15) is 13.2 Å². The first-order valence-electron chi connectivity index (χ1n) is 5.83. The number of allylic oxidation sites excluding steroid dienone is 1. The number of aryl methyl sites for hydroxylation is 1.